The van der Waals surface area contributed by atoms with Crippen molar-refractivity contribution in [3.05, 3.63) is 28.2 Å². The van der Waals surface area contributed by atoms with Crippen molar-refractivity contribution in [1.29, 1.82) is 0 Å². The molecule has 0 spiro atoms. The Kier molecular flexibility index (Phi) is 3.75. The van der Waals surface area contributed by atoms with Crippen LogP contribution in [0.3, 0.4) is 0 Å². The molecule has 0 radical (unpaired) electrons. The number of nitrogens with zero attached hydrogens (tertiary/aromatic N) is 1. The van der Waals surface area contributed by atoms with E-state index in [2.05, 4.69) is 15.9 Å². The Morgan fingerprint density at radius 3 is 2.88 bits per heavy atom. The molecule has 4 nitrogen and oxygen atoms in total. The lowest BCUT2D eigenvalue weighted by molar-refractivity contribution is 0.586. The molecule has 1 aromatic carbocycles. The summed E-state index contributed by atoms with van der Waals surface area (Å²) < 4.78 is 26.6. The van der Waals surface area contributed by atoms with E-state index in [4.69, 9.17) is 5.73 Å². The van der Waals surface area contributed by atoms with E-state index in [0.29, 0.717) is 6.54 Å². The predicted molar refractivity (Wildman–Crippen MR) is 72.7 cm³/mol. The Bertz CT molecular complexity index is 516. The van der Waals surface area contributed by atoms with E-state index >= 15 is 0 Å². The Morgan fingerprint density at radius 1 is 1.41 bits per heavy atom. The number of hydrogen-bond donors (Lipinski definition) is 1. The SMILES string of the molecule is NCCS(=O)(=O)N1CCCc2cc(Br)ccc21. The highest BCUT2D eigenvalue weighted by Crippen LogP contribution is 2.31. The minimum Gasteiger partial charge on any atom is -0.329 e. The van der Waals surface area contributed by atoms with Crippen LogP contribution in [0.4, 0.5) is 5.69 Å². The maximum atomic E-state index is 12.1. The molecule has 0 aromatic heterocycles. The molecule has 2 N–H and O–H groups in total. The van der Waals surface area contributed by atoms with Gasteiger partial charge in [0.2, 0.25) is 10.0 Å². The maximum absolute atomic E-state index is 12.1. The fourth-order valence-electron chi connectivity index (χ4n) is 2.08. The molecule has 0 atom stereocenters. The third kappa shape index (κ3) is 2.64. The molecule has 1 aliphatic heterocycles. The average Bonchev–Trinajstić information content (AvgIpc) is 2.27. The van der Waals surface area contributed by atoms with Gasteiger partial charge in [0, 0.05) is 17.6 Å². The van der Waals surface area contributed by atoms with Gasteiger partial charge >= 0.3 is 0 Å². The zero-order chi connectivity index (χ0) is 12.5. The number of benzene rings is 1. The number of anilines is 1. The van der Waals surface area contributed by atoms with Gasteiger partial charge in [-0.1, -0.05) is 15.9 Å². The Hall–Kier alpha value is -0.590. The van der Waals surface area contributed by atoms with Crippen molar-refractivity contribution in [2.45, 2.75) is 12.8 Å². The number of rotatable bonds is 3. The summed E-state index contributed by atoms with van der Waals surface area (Å²) in [6, 6.07) is 5.71. The van der Waals surface area contributed by atoms with Crippen LogP contribution in [0, 0.1) is 0 Å². The standard InChI is InChI=1S/C11H15BrN2O2S/c12-10-3-4-11-9(8-10)2-1-6-14(11)17(15,16)7-5-13/h3-4,8H,1-2,5-7,13H2. The number of sulfonamides is 1. The molecule has 2 rings (SSSR count). The third-order valence-electron chi connectivity index (χ3n) is 2.83. The summed E-state index contributed by atoms with van der Waals surface area (Å²) in [5, 5.41) is 0. The molecule has 1 heterocycles. The quantitative estimate of drug-likeness (QED) is 0.918. The summed E-state index contributed by atoms with van der Waals surface area (Å²) in [5.74, 6) is 0.00248. The molecule has 0 amide bonds. The van der Waals surface area contributed by atoms with Crippen LogP contribution in [0.5, 0.6) is 0 Å². The van der Waals surface area contributed by atoms with E-state index in [9.17, 15) is 8.42 Å². The second-order valence-electron chi connectivity index (χ2n) is 4.05. The topological polar surface area (TPSA) is 63.4 Å². The van der Waals surface area contributed by atoms with Crippen molar-refractivity contribution in [2.75, 3.05) is 23.1 Å². The van der Waals surface area contributed by atoms with Crippen LogP contribution in [0.1, 0.15) is 12.0 Å². The number of fused-ring (bicyclic) bond motifs is 1. The average molecular weight is 319 g/mol. The lowest BCUT2D eigenvalue weighted by Crippen LogP contribution is -2.38. The maximum Gasteiger partial charge on any atom is 0.236 e. The van der Waals surface area contributed by atoms with Crippen molar-refractivity contribution >= 4 is 31.6 Å². The number of hydrogen-bond acceptors (Lipinski definition) is 3. The van der Waals surface area contributed by atoms with Gasteiger partial charge in [0.1, 0.15) is 0 Å². The molecule has 0 saturated carbocycles. The van der Waals surface area contributed by atoms with Crippen LogP contribution in [0.2, 0.25) is 0 Å². The smallest absolute Gasteiger partial charge is 0.236 e. The second kappa shape index (κ2) is 4.96. The zero-order valence-electron chi connectivity index (χ0n) is 9.39. The molecule has 1 aliphatic rings. The minimum absolute atomic E-state index is 0.00248. The van der Waals surface area contributed by atoms with Gasteiger partial charge < -0.3 is 5.73 Å². The molecule has 1 aromatic rings. The van der Waals surface area contributed by atoms with Gasteiger partial charge in [0.25, 0.3) is 0 Å². The van der Waals surface area contributed by atoms with Crippen molar-refractivity contribution < 1.29 is 8.42 Å². The number of aryl methyl sites for hydroxylation is 1. The van der Waals surface area contributed by atoms with Crippen LogP contribution >= 0.6 is 15.9 Å². The number of nitrogens with two attached hydrogens (primary N) is 1. The van der Waals surface area contributed by atoms with Gasteiger partial charge in [-0.2, -0.15) is 0 Å². The van der Waals surface area contributed by atoms with Crippen molar-refractivity contribution in [2.24, 2.45) is 5.73 Å². The first-order chi connectivity index (χ1) is 8.04. The molecule has 0 unspecified atom stereocenters. The molecule has 17 heavy (non-hydrogen) atoms. The first-order valence-corrected chi connectivity index (χ1v) is 7.94. The third-order valence-corrected chi connectivity index (χ3v) is 5.12. The summed E-state index contributed by atoms with van der Waals surface area (Å²) >= 11 is 3.40. The van der Waals surface area contributed by atoms with E-state index in [0.717, 1.165) is 28.6 Å². The van der Waals surface area contributed by atoms with Gasteiger partial charge in [-0.3, -0.25) is 4.31 Å². The van der Waals surface area contributed by atoms with Crippen molar-refractivity contribution in [3.8, 4) is 0 Å². The van der Waals surface area contributed by atoms with Crippen LogP contribution in [0.25, 0.3) is 0 Å². The van der Waals surface area contributed by atoms with Crippen molar-refractivity contribution in [3.63, 3.8) is 0 Å². The van der Waals surface area contributed by atoms with Gasteiger partial charge in [0.05, 0.1) is 11.4 Å². The molecule has 0 saturated heterocycles. The number of halogens is 1. The van der Waals surface area contributed by atoms with Crippen LogP contribution in [-0.2, 0) is 16.4 Å². The second-order valence-corrected chi connectivity index (χ2v) is 6.98. The van der Waals surface area contributed by atoms with E-state index in [1.165, 1.54) is 4.31 Å². The monoisotopic (exact) mass is 318 g/mol. The lowest BCUT2D eigenvalue weighted by atomic mass is 10.0. The normalized spacial score (nSPS) is 15.8. The summed E-state index contributed by atoms with van der Waals surface area (Å²) in [6.45, 7) is 0.710. The molecule has 6 heteroatoms. The Morgan fingerprint density at radius 2 is 2.18 bits per heavy atom. The predicted octanol–water partition coefficient (Wildman–Crippen LogP) is 1.49. The molecular formula is C11H15BrN2O2S. The summed E-state index contributed by atoms with van der Waals surface area (Å²) in [4.78, 5) is 0. The van der Waals surface area contributed by atoms with Gasteiger partial charge in [0.15, 0.2) is 0 Å². The molecule has 0 aliphatic carbocycles. The highest BCUT2D eigenvalue weighted by molar-refractivity contribution is 9.10. The van der Waals surface area contributed by atoms with E-state index in [1.54, 1.807) is 0 Å². The fraction of sp³-hybridized carbons (Fsp3) is 0.455. The molecule has 0 fully saturated rings. The van der Waals surface area contributed by atoms with E-state index < -0.39 is 10.0 Å². The van der Waals surface area contributed by atoms with E-state index in [-0.39, 0.29) is 12.3 Å². The fourth-order valence-corrected chi connectivity index (χ4v) is 3.89. The van der Waals surface area contributed by atoms with Crippen molar-refractivity contribution in [1.82, 2.24) is 0 Å². The van der Waals surface area contributed by atoms with Crippen LogP contribution in [-0.4, -0.2) is 27.3 Å². The first kappa shape index (κ1) is 12.9. The minimum atomic E-state index is -3.27. The molecule has 94 valence electrons. The Balaban J connectivity index is 2.42. The summed E-state index contributed by atoms with van der Waals surface area (Å²) in [6.07, 6.45) is 1.77. The highest BCUT2D eigenvalue weighted by atomic mass is 79.9. The molecule has 0 bridgehead atoms. The lowest BCUT2D eigenvalue weighted by Gasteiger charge is -2.30. The van der Waals surface area contributed by atoms with Crippen LogP contribution in [0.15, 0.2) is 22.7 Å². The summed E-state index contributed by atoms with van der Waals surface area (Å²) in [7, 11) is -3.27. The zero-order valence-corrected chi connectivity index (χ0v) is 11.8. The Labute approximate surface area is 110 Å². The van der Waals surface area contributed by atoms with Gasteiger partial charge in [-0.05, 0) is 36.6 Å². The highest BCUT2D eigenvalue weighted by Gasteiger charge is 2.26. The first-order valence-electron chi connectivity index (χ1n) is 5.53. The van der Waals surface area contributed by atoms with Gasteiger partial charge in [-0.15, -0.1) is 0 Å². The summed E-state index contributed by atoms with van der Waals surface area (Å²) in [5.41, 5.74) is 7.23. The van der Waals surface area contributed by atoms with E-state index in [1.807, 2.05) is 18.2 Å². The van der Waals surface area contributed by atoms with Crippen LogP contribution < -0.4 is 10.0 Å². The largest absolute Gasteiger partial charge is 0.329 e. The molecular weight excluding hydrogens is 304 g/mol. The van der Waals surface area contributed by atoms with Gasteiger partial charge in [-0.25, -0.2) is 8.42 Å².